The zero-order chi connectivity index (χ0) is 18.0. The van der Waals surface area contributed by atoms with E-state index in [0.717, 1.165) is 16.9 Å². The molecule has 0 spiro atoms. The number of aromatic nitrogens is 1. The summed E-state index contributed by atoms with van der Waals surface area (Å²) in [6.07, 6.45) is 0. The average Bonchev–Trinajstić information content (AvgIpc) is 2.97. The Morgan fingerprint density at radius 3 is 2.56 bits per heavy atom. The van der Waals surface area contributed by atoms with Crippen molar-refractivity contribution in [1.29, 1.82) is 0 Å². The van der Waals surface area contributed by atoms with Crippen molar-refractivity contribution in [2.45, 2.75) is 6.92 Å². The van der Waals surface area contributed by atoms with Gasteiger partial charge in [-0.3, -0.25) is 4.79 Å². The van der Waals surface area contributed by atoms with Gasteiger partial charge in [0.1, 0.15) is 15.7 Å². The van der Waals surface area contributed by atoms with Gasteiger partial charge in [0.05, 0.1) is 5.69 Å². The van der Waals surface area contributed by atoms with Gasteiger partial charge in [-0.15, -0.1) is 11.3 Å². The van der Waals surface area contributed by atoms with Crippen LogP contribution < -0.4 is 10.2 Å². The number of halogens is 1. The average molecular weight is 355 g/mol. The molecule has 0 saturated carbocycles. The molecule has 0 unspecified atom stereocenters. The molecule has 128 valence electrons. The number of carbonyl (C=O) groups is 1. The van der Waals surface area contributed by atoms with E-state index in [-0.39, 0.29) is 11.7 Å². The highest BCUT2D eigenvalue weighted by Crippen LogP contribution is 2.29. The lowest BCUT2D eigenvalue weighted by Crippen LogP contribution is -2.13. The van der Waals surface area contributed by atoms with Crippen molar-refractivity contribution in [3.63, 3.8) is 0 Å². The second-order valence-electron chi connectivity index (χ2n) is 5.84. The Morgan fingerprint density at radius 2 is 1.88 bits per heavy atom. The molecule has 3 aromatic rings. The van der Waals surface area contributed by atoms with Crippen LogP contribution in [-0.2, 0) is 0 Å². The normalized spacial score (nSPS) is 10.6. The summed E-state index contributed by atoms with van der Waals surface area (Å²) >= 11 is 1.30. The van der Waals surface area contributed by atoms with Crippen LogP contribution in [0.5, 0.6) is 0 Å². The topological polar surface area (TPSA) is 45.2 Å². The molecule has 0 aliphatic heterocycles. The van der Waals surface area contributed by atoms with E-state index >= 15 is 0 Å². The molecule has 0 radical (unpaired) electrons. The fourth-order valence-corrected chi connectivity index (χ4v) is 3.34. The Labute approximate surface area is 150 Å². The predicted molar refractivity (Wildman–Crippen MR) is 101 cm³/mol. The van der Waals surface area contributed by atoms with Gasteiger partial charge in [0.25, 0.3) is 5.91 Å². The number of amides is 1. The first-order chi connectivity index (χ1) is 11.9. The minimum absolute atomic E-state index is 0.195. The van der Waals surface area contributed by atoms with Crippen LogP contribution in [-0.4, -0.2) is 25.0 Å². The van der Waals surface area contributed by atoms with E-state index in [1.54, 1.807) is 19.1 Å². The van der Waals surface area contributed by atoms with Gasteiger partial charge in [0, 0.05) is 31.0 Å². The van der Waals surface area contributed by atoms with Crippen LogP contribution in [0, 0.1) is 12.7 Å². The first-order valence-corrected chi connectivity index (χ1v) is 8.58. The lowest BCUT2D eigenvalue weighted by Gasteiger charge is -2.13. The van der Waals surface area contributed by atoms with Gasteiger partial charge in [-0.05, 0) is 49.4 Å². The van der Waals surface area contributed by atoms with Crippen molar-refractivity contribution in [3.8, 4) is 10.6 Å². The predicted octanol–water partition coefficient (Wildman–Crippen LogP) is 4.58. The van der Waals surface area contributed by atoms with Gasteiger partial charge >= 0.3 is 0 Å². The number of hydrogen-bond acceptors (Lipinski definition) is 4. The number of aryl methyl sites for hydroxylation is 1. The summed E-state index contributed by atoms with van der Waals surface area (Å²) in [6, 6.07) is 13.7. The van der Waals surface area contributed by atoms with Crippen LogP contribution in [0.4, 0.5) is 15.8 Å². The highest BCUT2D eigenvalue weighted by Gasteiger charge is 2.16. The van der Waals surface area contributed by atoms with Crippen LogP contribution in [0.25, 0.3) is 10.6 Å². The smallest absolute Gasteiger partial charge is 0.267 e. The molecule has 6 heteroatoms. The summed E-state index contributed by atoms with van der Waals surface area (Å²) in [5.74, 6) is -0.491. The van der Waals surface area contributed by atoms with Crippen LogP contribution in [0.15, 0.2) is 48.5 Å². The summed E-state index contributed by atoms with van der Waals surface area (Å²) in [5, 5.41) is 3.61. The van der Waals surface area contributed by atoms with Crippen LogP contribution in [0.2, 0.25) is 0 Å². The molecule has 1 aromatic heterocycles. The maximum absolute atomic E-state index is 13.1. The lowest BCUT2D eigenvalue weighted by atomic mass is 10.2. The third kappa shape index (κ3) is 3.85. The number of carbonyl (C=O) groups excluding carboxylic acids is 1. The highest BCUT2D eigenvalue weighted by atomic mass is 32.1. The van der Waals surface area contributed by atoms with Crippen molar-refractivity contribution in [2.75, 3.05) is 24.3 Å². The Kier molecular flexibility index (Phi) is 4.81. The van der Waals surface area contributed by atoms with Crippen LogP contribution in [0.3, 0.4) is 0 Å². The number of thiazole rings is 1. The van der Waals surface area contributed by atoms with Crippen molar-refractivity contribution in [2.24, 2.45) is 0 Å². The molecule has 0 aliphatic rings. The van der Waals surface area contributed by atoms with E-state index in [2.05, 4.69) is 10.3 Å². The molecule has 4 nitrogen and oxygen atoms in total. The Hall–Kier alpha value is -2.73. The molecular weight excluding hydrogens is 337 g/mol. The van der Waals surface area contributed by atoms with Crippen molar-refractivity contribution in [3.05, 3.63) is 64.9 Å². The number of anilines is 2. The molecule has 1 heterocycles. The van der Waals surface area contributed by atoms with E-state index in [9.17, 15) is 9.18 Å². The summed E-state index contributed by atoms with van der Waals surface area (Å²) in [4.78, 5) is 19.6. The molecule has 0 saturated heterocycles. The first kappa shape index (κ1) is 17.1. The van der Waals surface area contributed by atoms with Crippen LogP contribution in [0.1, 0.15) is 15.4 Å². The first-order valence-electron chi connectivity index (χ1n) is 7.76. The van der Waals surface area contributed by atoms with E-state index in [4.69, 9.17) is 0 Å². The fourth-order valence-electron chi connectivity index (χ4n) is 2.37. The SMILES string of the molecule is Cc1nc(-c2ccc(F)cc2)sc1C(=O)Nc1cccc(N(C)C)c1. The van der Waals surface area contributed by atoms with Gasteiger partial charge in [0.2, 0.25) is 0 Å². The summed E-state index contributed by atoms with van der Waals surface area (Å²) in [5.41, 5.74) is 3.19. The molecule has 0 aliphatic carbocycles. The standard InChI is InChI=1S/C19H18FN3OS/c1-12-17(25-19(21-12)13-7-9-14(20)10-8-13)18(24)22-15-5-4-6-16(11-15)23(2)3/h4-11H,1-3H3,(H,22,24). The van der Waals surface area contributed by atoms with E-state index < -0.39 is 0 Å². The van der Waals surface area contributed by atoms with E-state index in [1.807, 2.05) is 43.3 Å². The molecule has 1 amide bonds. The monoisotopic (exact) mass is 355 g/mol. The van der Waals surface area contributed by atoms with Crippen molar-refractivity contribution >= 4 is 28.6 Å². The maximum atomic E-state index is 13.1. The van der Waals surface area contributed by atoms with E-state index in [1.165, 1.54) is 23.5 Å². The molecule has 0 atom stereocenters. The van der Waals surface area contributed by atoms with Gasteiger partial charge in [-0.1, -0.05) is 6.07 Å². The zero-order valence-electron chi connectivity index (χ0n) is 14.2. The quantitative estimate of drug-likeness (QED) is 0.745. The zero-order valence-corrected chi connectivity index (χ0v) is 15.0. The number of rotatable bonds is 4. The highest BCUT2D eigenvalue weighted by molar-refractivity contribution is 7.17. The molecule has 2 aromatic carbocycles. The molecule has 0 bridgehead atoms. The molecule has 3 rings (SSSR count). The third-order valence-corrected chi connectivity index (χ3v) is 4.92. The minimum atomic E-state index is -0.296. The Bertz CT molecular complexity index is 903. The molecule has 0 fully saturated rings. The van der Waals surface area contributed by atoms with Crippen LogP contribution >= 0.6 is 11.3 Å². The lowest BCUT2D eigenvalue weighted by molar-refractivity contribution is 0.103. The fraction of sp³-hybridized carbons (Fsp3) is 0.158. The van der Waals surface area contributed by atoms with Gasteiger partial charge < -0.3 is 10.2 Å². The number of nitrogens with zero attached hydrogens (tertiary/aromatic N) is 2. The minimum Gasteiger partial charge on any atom is -0.378 e. The van der Waals surface area contributed by atoms with E-state index in [0.29, 0.717) is 15.6 Å². The second-order valence-corrected chi connectivity index (χ2v) is 6.84. The Morgan fingerprint density at radius 1 is 1.16 bits per heavy atom. The largest absolute Gasteiger partial charge is 0.378 e. The summed E-state index contributed by atoms with van der Waals surface area (Å²) in [6.45, 7) is 1.80. The Balaban J connectivity index is 1.83. The summed E-state index contributed by atoms with van der Waals surface area (Å²) < 4.78 is 13.1. The third-order valence-electron chi connectivity index (χ3n) is 3.71. The number of hydrogen-bond donors (Lipinski definition) is 1. The summed E-state index contributed by atoms with van der Waals surface area (Å²) in [7, 11) is 3.90. The number of nitrogens with one attached hydrogen (secondary N) is 1. The van der Waals surface area contributed by atoms with Crippen molar-refractivity contribution in [1.82, 2.24) is 4.98 Å². The van der Waals surface area contributed by atoms with Crippen molar-refractivity contribution < 1.29 is 9.18 Å². The maximum Gasteiger partial charge on any atom is 0.267 e. The molecule has 1 N–H and O–H groups in total. The number of benzene rings is 2. The molecule has 25 heavy (non-hydrogen) atoms. The second kappa shape index (κ2) is 7.03. The molecular formula is C19H18FN3OS. The van der Waals surface area contributed by atoms with Gasteiger partial charge in [-0.25, -0.2) is 9.37 Å². The van der Waals surface area contributed by atoms with Gasteiger partial charge in [0.15, 0.2) is 0 Å². The van der Waals surface area contributed by atoms with Gasteiger partial charge in [-0.2, -0.15) is 0 Å².